The number of carbonyl (C=O) groups is 2. The first-order valence-electron chi connectivity index (χ1n) is 8.16. The zero-order valence-electron chi connectivity index (χ0n) is 14.8. The van der Waals surface area contributed by atoms with Gasteiger partial charge in [0.1, 0.15) is 16.5 Å². The summed E-state index contributed by atoms with van der Waals surface area (Å²) < 4.78 is 10.2. The first kappa shape index (κ1) is 18.6. The Morgan fingerprint density at radius 3 is 2.44 bits per heavy atom. The van der Waals surface area contributed by atoms with Gasteiger partial charge in [0.25, 0.3) is 5.91 Å². The van der Waals surface area contributed by atoms with E-state index in [2.05, 4.69) is 10.3 Å². The Balaban J connectivity index is 1.83. The number of hydrogen-bond acceptors (Lipinski definition) is 6. The number of nitrogens with one attached hydrogen (secondary N) is 1. The topological polar surface area (TPSA) is 77.5 Å². The molecule has 0 aliphatic heterocycles. The average molecular weight is 382 g/mol. The lowest BCUT2D eigenvalue weighted by Gasteiger charge is -2.16. The van der Waals surface area contributed by atoms with Crippen LogP contribution in [0.3, 0.4) is 0 Å². The molecule has 6 nitrogen and oxygen atoms in total. The number of methoxy groups -OCH3 is 2. The Morgan fingerprint density at radius 1 is 1.04 bits per heavy atom. The fourth-order valence-corrected chi connectivity index (χ4v) is 3.40. The zero-order chi connectivity index (χ0) is 19.2. The first-order chi connectivity index (χ1) is 13.1. The zero-order valence-corrected chi connectivity index (χ0v) is 15.7. The number of rotatable bonds is 6. The largest absolute Gasteiger partial charge is 0.496 e. The van der Waals surface area contributed by atoms with Crippen LogP contribution in [0.4, 0.5) is 0 Å². The summed E-state index contributed by atoms with van der Waals surface area (Å²) in [5.41, 5.74) is 1.67. The van der Waals surface area contributed by atoms with Crippen LogP contribution >= 0.6 is 11.3 Å². The number of para-hydroxylation sites is 1. The Morgan fingerprint density at radius 2 is 1.74 bits per heavy atom. The minimum Gasteiger partial charge on any atom is -0.496 e. The van der Waals surface area contributed by atoms with E-state index in [1.165, 1.54) is 18.4 Å². The molecule has 0 fully saturated rings. The maximum Gasteiger partial charge on any atom is 0.333 e. The Kier molecular flexibility index (Phi) is 5.83. The third-order valence-electron chi connectivity index (χ3n) is 3.92. The first-order valence-corrected chi connectivity index (χ1v) is 9.04. The van der Waals surface area contributed by atoms with E-state index in [0.717, 1.165) is 5.56 Å². The lowest BCUT2D eigenvalue weighted by atomic mass is 10.1. The van der Waals surface area contributed by atoms with E-state index in [1.807, 2.05) is 30.3 Å². The van der Waals surface area contributed by atoms with E-state index in [9.17, 15) is 9.59 Å². The Bertz CT molecular complexity index is 940. The molecule has 138 valence electrons. The maximum absolute atomic E-state index is 12.6. The van der Waals surface area contributed by atoms with Crippen LogP contribution in [0.1, 0.15) is 22.1 Å². The van der Waals surface area contributed by atoms with Crippen molar-refractivity contribution in [3.63, 3.8) is 0 Å². The third-order valence-corrected chi connectivity index (χ3v) is 4.80. The number of amides is 1. The monoisotopic (exact) mass is 382 g/mol. The van der Waals surface area contributed by atoms with Crippen LogP contribution in [0.25, 0.3) is 10.6 Å². The van der Waals surface area contributed by atoms with Gasteiger partial charge in [-0.3, -0.25) is 4.79 Å². The van der Waals surface area contributed by atoms with Gasteiger partial charge < -0.3 is 14.8 Å². The van der Waals surface area contributed by atoms with Crippen molar-refractivity contribution in [3.05, 3.63) is 71.2 Å². The van der Waals surface area contributed by atoms with Crippen LogP contribution in [-0.2, 0) is 9.53 Å². The molecule has 1 N–H and O–H groups in total. The van der Waals surface area contributed by atoms with Crippen LogP contribution < -0.4 is 10.1 Å². The van der Waals surface area contributed by atoms with Gasteiger partial charge in [0, 0.05) is 5.38 Å². The standard InChI is InChI=1S/C20H18N2O4S/c1-25-16-11-7-6-10-14(16)19-21-15(12-27-19)18(23)22-17(20(24)26-2)13-8-4-3-5-9-13/h3-12,17H,1-2H3,(H,22,23). The van der Waals surface area contributed by atoms with Gasteiger partial charge in [0.2, 0.25) is 0 Å². The molecule has 0 saturated heterocycles. The van der Waals surface area contributed by atoms with Gasteiger partial charge in [-0.15, -0.1) is 11.3 Å². The number of hydrogen-bond donors (Lipinski definition) is 1. The van der Waals surface area contributed by atoms with Crippen molar-refractivity contribution in [1.29, 1.82) is 0 Å². The maximum atomic E-state index is 12.6. The summed E-state index contributed by atoms with van der Waals surface area (Å²) in [5.74, 6) is -0.322. The van der Waals surface area contributed by atoms with Gasteiger partial charge in [-0.1, -0.05) is 42.5 Å². The SMILES string of the molecule is COC(=O)C(NC(=O)c1csc(-c2ccccc2OC)n1)c1ccccc1. The molecular weight excluding hydrogens is 364 g/mol. The minimum absolute atomic E-state index is 0.228. The van der Waals surface area contributed by atoms with Crippen molar-refractivity contribution in [1.82, 2.24) is 10.3 Å². The van der Waals surface area contributed by atoms with Crippen LogP contribution in [0, 0.1) is 0 Å². The third kappa shape index (κ3) is 4.15. The van der Waals surface area contributed by atoms with Gasteiger partial charge in [-0.2, -0.15) is 0 Å². The fourth-order valence-electron chi connectivity index (χ4n) is 2.57. The van der Waals surface area contributed by atoms with E-state index < -0.39 is 17.9 Å². The molecule has 1 heterocycles. The number of carbonyl (C=O) groups excluding carboxylic acids is 2. The van der Waals surface area contributed by atoms with Gasteiger partial charge in [0.15, 0.2) is 6.04 Å². The highest BCUT2D eigenvalue weighted by Crippen LogP contribution is 2.32. The molecule has 0 saturated carbocycles. The number of aromatic nitrogens is 1. The molecule has 27 heavy (non-hydrogen) atoms. The van der Waals surface area contributed by atoms with Crippen LogP contribution in [-0.4, -0.2) is 31.1 Å². The molecule has 1 atom stereocenters. The normalized spacial score (nSPS) is 11.5. The summed E-state index contributed by atoms with van der Waals surface area (Å²) in [5, 5.41) is 5.00. The van der Waals surface area contributed by atoms with Crippen LogP contribution in [0.2, 0.25) is 0 Å². The van der Waals surface area contributed by atoms with Gasteiger partial charge >= 0.3 is 5.97 Å². The highest BCUT2D eigenvalue weighted by atomic mass is 32.1. The van der Waals surface area contributed by atoms with Crippen molar-refractivity contribution < 1.29 is 19.1 Å². The number of benzene rings is 2. The van der Waals surface area contributed by atoms with Crippen molar-refractivity contribution in [2.24, 2.45) is 0 Å². The van der Waals surface area contributed by atoms with Crippen molar-refractivity contribution in [2.45, 2.75) is 6.04 Å². The molecule has 0 aliphatic carbocycles. The molecule has 0 aliphatic rings. The highest BCUT2D eigenvalue weighted by Gasteiger charge is 2.25. The molecule has 0 bridgehead atoms. The highest BCUT2D eigenvalue weighted by molar-refractivity contribution is 7.13. The summed E-state index contributed by atoms with van der Waals surface area (Å²) in [6.45, 7) is 0. The summed E-state index contributed by atoms with van der Waals surface area (Å²) in [6.07, 6.45) is 0. The van der Waals surface area contributed by atoms with Crippen molar-refractivity contribution in [2.75, 3.05) is 14.2 Å². The summed E-state index contributed by atoms with van der Waals surface area (Å²) >= 11 is 1.33. The number of esters is 1. The summed E-state index contributed by atoms with van der Waals surface area (Å²) in [6, 6.07) is 15.5. The molecule has 1 amide bonds. The molecule has 3 aromatic rings. The second-order valence-electron chi connectivity index (χ2n) is 5.58. The second kappa shape index (κ2) is 8.46. The molecule has 0 radical (unpaired) electrons. The minimum atomic E-state index is -0.903. The van der Waals surface area contributed by atoms with Gasteiger partial charge in [-0.05, 0) is 17.7 Å². The second-order valence-corrected chi connectivity index (χ2v) is 6.44. The summed E-state index contributed by atoms with van der Waals surface area (Å²) in [7, 11) is 2.87. The Labute approximate surface area is 160 Å². The number of nitrogens with zero attached hydrogens (tertiary/aromatic N) is 1. The van der Waals surface area contributed by atoms with Crippen molar-refractivity contribution >= 4 is 23.2 Å². The summed E-state index contributed by atoms with van der Waals surface area (Å²) in [4.78, 5) is 29.2. The van der Waals surface area contributed by atoms with E-state index in [1.54, 1.807) is 36.8 Å². The molecule has 1 unspecified atom stereocenters. The lowest BCUT2D eigenvalue weighted by molar-refractivity contribution is -0.143. The molecule has 7 heteroatoms. The Hall–Kier alpha value is -3.19. The molecule has 3 rings (SSSR count). The quantitative estimate of drug-likeness (QED) is 0.661. The molecule has 1 aromatic heterocycles. The fraction of sp³-hybridized carbons (Fsp3) is 0.150. The van der Waals surface area contributed by atoms with E-state index >= 15 is 0 Å². The number of ether oxygens (including phenoxy) is 2. The van der Waals surface area contributed by atoms with Gasteiger partial charge in [-0.25, -0.2) is 9.78 Å². The van der Waals surface area contributed by atoms with E-state index in [-0.39, 0.29) is 5.69 Å². The lowest BCUT2D eigenvalue weighted by Crippen LogP contribution is -2.34. The van der Waals surface area contributed by atoms with Gasteiger partial charge in [0.05, 0.1) is 19.8 Å². The predicted molar refractivity (Wildman–Crippen MR) is 103 cm³/mol. The smallest absolute Gasteiger partial charge is 0.333 e. The van der Waals surface area contributed by atoms with Crippen LogP contribution in [0.5, 0.6) is 5.75 Å². The van der Waals surface area contributed by atoms with E-state index in [4.69, 9.17) is 9.47 Å². The van der Waals surface area contributed by atoms with E-state index in [0.29, 0.717) is 16.3 Å². The van der Waals surface area contributed by atoms with Crippen molar-refractivity contribution in [3.8, 4) is 16.3 Å². The molecule has 0 spiro atoms. The average Bonchev–Trinajstić information content (AvgIpc) is 3.22. The predicted octanol–water partition coefficient (Wildman–Crippen LogP) is 3.46. The van der Waals surface area contributed by atoms with Crippen LogP contribution in [0.15, 0.2) is 60.0 Å². The molecular formula is C20H18N2O4S. The molecule has 2 aromatic carbocycles. The number of thiazole rings is 1.